The number of rotatable bonds is 3. The van der Waals surface area contributed by atoms with Crippen molar-refractivity contribution in [1.29, 1.82) is 0 Å². The minimum atomic E-state index is -4.51. The quantitative estimate of drug-likeness (QED) is 0.774. The van der Waals surface area contributed by atoms with Gasteiger partial charge in [-0.05, 0) is 42.4 Å². The van der Waals surface area contributed by atoms with Gasteiger partial charge in [0.2, 0.25) is 5.91 Å². The van der Waals surface area contributed by atoms with Crippen molar-refractivity contribution in [3.8, 4) is 0 Å². The zero-order valence-electron chi connectivity index (χ0n) is 12.9. The first-order valence-corrected chi connectivity index (χ1v) is 8.26. The number of amides is 1. The lowest BCUT2D eigenvalue weighted by Gasteiger charge is -2.27. The second-order valence-corrected chi connectivity index (χ2v) is 7.37. The van der Waals surface area contributed by atoms with Crippen LogP contribution in [0.15, 0.2) is 18.3 Å². The molecule has 1 aromatic heterocycles. The number of nitrogens with one attached hydrogen (secondary N) is 2. The molecule has 3 N–H and O–H groups in total. The molecule has 134 valence electrons. The Bertz CT molecular complexity index is 839. The van der Waals surface area contributed by atoms with Crippen LogP contribution in [0, 0.1) is 11.8 Å². The highest BCUT2D eigenvalue weighted by molar-refractivity contribution is 6.31. The van der Waals surface area contributed by atoms with Crippen molar-refractivity contribution >= 4 is 28.4 Å². The molecule has 1 amide bonds. The fourth-order valence-corrected chi connectivity index (χ4v) is 4.34. The summed E-state index contributed by atoms with van der Waals surface area (Å²) < 4.78 is 36.7. The van der Waals surface area contributed by atoms with E-state index in [9.17, 15) is 23.1 Å². The van der Waals surface area contributed by atoms with E-state index in [1.54, 1.807) is 18.3 Å². The summed E-state index contributed by atoms with van der Waals surface area (Å²) in [4.78, 5) is 11.4. The molecule has 2 aromatic rings. The zero-order valence-corrected chi connectivity index (χ0v) is 13.7. The second kappa shape index (κ2) is 5.35. The number of aliphatic hydroxyl groups is 1. The van der Waals surface area contributed by atoms with Gasteiger partial charge >= 0.3 is 6.18 Å². The third-order valence-corrected chi connectivity index (χ3v) is 5.41. The Morgan fingerprint density at radius 3 is 2.72 bits per heavy atom. The summed E-state index contributed by atoms with van der Waals surface area (Å²) in [5, 5.41) is 21.5. The summed E-state index contributed by atoms with van der Waals surface area (Å²) in [6.45, 7) is 0. The number of benzene rings is 1. The highest BCUT2D eigenvalue weighted by atomic mass is 35.5. The van der Waals surface area contributed by atoms with Crippen molar-refractivity contribution in [2.24, 2.45) is 11.8 Å². The molecule has 0 bridgehead atoms. The molecule has 2 fully saturated rings. The van der Waals surface area contributed by atoms with Crippen LogP contribution in [-0.4, -0.2) is 33.4 Å². The van der Waals surface area contributed by atoms with E-state index in [1.807, 2.05) is 0 Å². The normalized spacial score (nSPS) is 31.2. The molecule has 0 aliphatic heterocycles. The lowest BCUT2D eigenvalue weighted by Crippen LogP contribution is -2.35. The predicted octanol–water partition coefficient (Wildman–Crippen LogP) is 2.88. The van der Waals surface area contributed by atoms with E-state index in [4.69, 9.17) is 11.6 Å². The number of aromatic amines is 1. The second-order valence-electron chi connectivity index (χ2n) is 6.94. The van der Waals surface area contributed by atoms with Crippen LogP contribution < -0.4 is 5.32 Å². The average molecular weight is 374 g/mol. The molecule has 0 radical (unpaired) electrons. The summed E-state index contributed by atoms with van der Waals surface area (Å²) >= 11 is 6.11. The Kier molecular flexibility index (Phi) is 3.56. The third kappa shape index (κ3) is 2.97. The lowest BCUT2D eigenvalue weighted by atomic mass is 9.86. The van der Waals surface area contributed by atoms with Crippen molar-refractivity contribution < 1.29 is 23.1 Å². The first-order valence-electron chi connectivity index (χ1n) is 7.88. The van der Waals surface area contributed by atoms with Gasteiger partial charge in [0.1, 0.15) is 6.42 Å². The van der Waals surface area contributed by atoms with E-state index < -0.39 is 24.1 Å². The molecule has 25 heavy (non-hydrogen) atoms. The summed E-state index contributed by atoms with van der Waals surface area (Å²) in [6, 6.07) is 3.11. The number of halogens is 4. The van der Waals surface area contributed by atoms with Crippen molar-refractivity contribution in [2.45, 2.75) is 37.1 Å². The van der Waals surface area contributed by atoms with Gasteiger partial charge in [0, 0.05) is 16.5 Å². The van der Waals surface area contributed by atoms with Crippen LogP contribution in [0.5, 0.6) is 0 Å². The summed E-state index contributed by atoms with van der Waals surface area (Å²) in [7, 11) is 0. The first kappa shape index (κ1) is 16.7. The highest BCUT2D eigenvalue weighted by Gasteiger charge is 2.62. The third-order valence-electron chi connectivity index (χ3n) is 5.19. The van der Waals surface area contributed by atoms with Crippen LogP contribution in [0.3, 0.4) is 0 Å². The van der Waals surface area contributed by atoms with Crippen LogP contribution in [-0.2, 0) is 10.4 Å². The smallest absolute Gasteiger partial charge is 0.385 e. The number of carbonyl (C=O) groups excluding carboxylic acids is 1. The molecule has 0 saturated heterocycles. The monoisotopic (exact) mass is 373 g/mol. The van der Waals surface area contributed by atoms with Gasteiger partial charge in [-0.1, -0.05) is 11.6 Å². The molecule has 1 heterocycles. The number of hydrogen-bond acceptors (Lipinski definition) is 3. The number of H-pyrrole nitrogens is 1. The molecule has 9 heteroatoms. The Morgan fingerprint density at radius 1 is 1.40 bits per heavy atom. The van der Waals surface area contributed by atoms with E-state index in [1.165, 1.54) is 0 Å². The molecule has 2 saturated carbocycles. The molecule has 2 aliphatic rings. The Labute approximate surface area is 145 Å². The van der Waals surface area contributed by atoms with Gasteiger partial charge in [0.25, 0.3) is 0 Å². The number of nitrogens with zero attached hydrogens (tertiary/aromatic N) is 1. The molecule has 4 rings (SSSR count). The fraction of sp³-hybridized carbons (Fsp3) is 0.500. The number of alkyl halides is 3. The van der Waals surface area contributed by atoms with Gasteiger partial charge in [0.15, 0.2) is 0 Å². The maximum Gasteiger partial charge on any atom is 0.397 e. The van der Waals surface area contributed by atoms with E-state index in [-0.39, 0.29) is 17.9 Å². The predicted molar refractivity (Wildman–Crippen MR) is 83.8 cm³/mol. The standard InChI is InChI=1S/C16H15ClF3N3O2/c17-7-1-11(10-6-21-23-12(10)2-7)15(25)3-8-9(4-15)14(8)22-13(24)5-16(18,19)20/h1-2,6,8-9,14,25H,3-5H2,(H,21,23)(H,22,24)/t8-,9+,14?,15?. The largest absolute Gasteiger partial charge is 0.397 e. The number of fused-ring (bicyclic) bond motifs is 2. The van der Waals surface area contributed by atoms with Gasteiger partial charge in [-0.3, -0.25) is 9.89 Å². The van der Waals surface area contributed by atoms with Crippen molar-refractivity contribution in [1.82, 2.24) is 15.5 Å². The lowest BCUT2D eigenvalue weighted by molar-refractivity contribution is -0.154. The number of hydrogen-bond donors (Lipinski definition) is 3. The van der Waals surface area contributed by atoms with Crippen molar-refractivity contribution in [3.63, 3.8) is 0 Å². The molecule has 2 unspecified atom stereocenters. The Hall–Kier alpha value is -1.80. The zero-order chi connectivity index (χ0) is 18.0. The van der Waals surface area contributed by atoms with E-state index in [0.717, 1.165) is 5.39 Å². The summed E-state index contributed by atoms with van der Waals surface area (Å²) in [5.74, 6) is -1.07. The van der Waals surface area contributed by atoms with Gasteiger partial charge < -0.3 is 10.4 Å². The summed E-state index contributed by atoms with van der Waals surface area (Å²) in [6.07, 6.45) is -3.63. The van der Waals surface area contributed by atoms with Gasteiger partial charge in [-0.25, -0.2) is 0 Å². The van der Waals surface area contributed by atoms with E-state index >= 15 is 0 Å². The molecule has 2 aliphatic carbocycles. The van der Waals surface area contributed by atoms with E-state index in [2.05, 4.69) is 15.5 Å². The highest BCUT2D eigenvalue weighted by Crippen LogP contribution is 2.60. The van der Waals surface area contributed by atoms with Crippen LogP contribution in [0.4, 0.5) is 13.2 Å². The SMILES string of the molecule is O=C(CC(F)(F)F)NC1[C@H]2CC(O)(c3cc(Cl)cc4[nH]ncc34)C[C@@H]12. The molecule has 1 aromatic carbocycles. The van der Waals surface area contributed by atoms with Crippen molar-refractivity contribution in [2.75, 3.05) is 0 Å². The Morgan fingerprint density at radius 2 is 2.08 bits per heavy atom. The van der Waals surface area contributed by atoms with Crippen LogP contribution in [0.2, 0.25) is 5.02 Å². The van der Waals surface area contributed by atoms with Crippen LogP contribution >= 0.6 is 11.6 Å². The van der Waals surface area contributed by atoms with Gasteiger partial charge in [-0.15, -0.1) is 0 Å². The topological polar surface area (TPSA) is 78.0 Å². The van der Waals surface area contributed by atoms with E-state index in [0.29, 0.717) is 28.9 Å². The van der Waals surface area contributed by atoms with Crippen LogP contribution in [0.1, 0.15) is 24.8 Å². The first-order chi connectivity index (χ1) is 11.7. The molecule has 4 atom stereocenters. The van der Waals surface area contributed by atoms with Crippen molar-refractivity contribution in [3.05, 3.63) is 28.9 Å². The maximum absolute atomic E-state index is 12.2. The molecular weight excluding hydrogens is 359 g/mol. The number of carbonyl (C=O) groups is 1. The molecule has 0 spiro atoms. The number of aromatic nitrogens is 2. The summed E-state index contributed by atoms with van der Waals surface area (Å²) in [5.41, 5.74) is 0.260. The minimum Gasteiger partial charge on any atom is -0.385 e. The molecular formula is C16H15ClF3N3O2. The minimum absolute atomic E-state index is 0.0249. The Balaban J connectivity index is 1.48. The van der Waals surface area contributed by atoms with Crippen LogP contribution in [0.25, 0.3) is 10.9 Å². The average Bonchev–Trinajstić information content (AvgIpc) is 2.89. The van der Waals surface area contributed by atoms with Gasteiger partial charge in [-0.2, -0.15) is 18.3 Å². The van der Waals surface area contributed by atoms with Gasteiger partial charge in [0.05, 0.1) is 17.3 Å². The molecule has 5 nitrogen and oxygen atoms in total. The fourth-order valence-electron chi connectivity index (χ4n) is 4.12. The maximum atomic E-state index is 12.2.